The summed E-state index contributed by atoms with van der Waals surface area (Å²) < 4.78 is 6.51. The van der Waals surface area contributed by atoms with E-state index < -0.39 is 6.04 Å². The molecule has 33 heavy (non-hydrogen) atoms. The summed E-state index contributed by atoms with van der Waals surface area (Å²) >= 11 is 15.7. The van der Waals surface area contributed by atoms with Crippen molar-refractivity contribution < 1.29 is 14.3 Å². The summed E-state index contributed by atoms with van der Waals surface area (Å²) in [6.07, 6.45) is 0.353. The highest BCUT2D eigenvalue weighted by Crippen LogP contribution is 2.28. The molecule has 0 heterocycles. The van der Waals surface area contributed by atoms with Crippen LogP contribution in [0, 0.1) is 0 Å². The Morgan fingerprint density at radius 1 is 1.00 bits per heavy atom. The van der Waals surface area contributed by atoms with Crippen molar-refractivity contribution in [1.82, 2.24) is 10.2 Å². The van der Waals surface area contributed by atoms with Crippen LogP contribution in [0.1, 0.15) is 11.1 Å². The number of likely N-dealkylation sites (N-methyl/N-ethyl adjacent to an activating group) is 1. The summed E-state index contributed by atoms with van der Waals surface area (Å²) in [5, 5.41) is 3.61. The van der Waals surface area contributed by atoms with Gasteiger partial charge in [-0.1, -0.05) is 81.6 Å². The minimum atomic E-state index is -0.743. The minimum Gasteiger partial charge on any atom is -0.482 e. The van der Waals surface area contributed by atoms with Gasteiger partial charge in [0.15, 0.2) is 6.61 Å². The standard InChI is InChI=1S/C25H23BrCl2N2O3/c1-29-25(32)22(13-17-6-3-2-4-7-17)30(15-18-8-5-9-20(27)12-18)24(31)16-33-23-11-10-19(26)14-21(23)28/h2-12,14,22H,13,15-16H2,1H3,(H,29,32)/t22-/m0/s1. The average molecular weight is 550 g/mol. The van der Waals surface area contributed by atoms with E-state index in [1.807, 2.05) is 42.5 Å². The normalized spacial score (nSPS) is 11.5. The van der Waals surface area contributed by atoms with Gasteiger partial charge >= 0.3 is 0 Å². The SMILES string of the molecule is CNC(=O)[C@H](Cc1ccccc1)N(Cc1cccc(Cl)c1)C(=O)COc1ccc(Br)cc1Cl. The van der Waals surface area contributed by atoms with Crippen molar-refractivity contribution in [3.63, 3.8) is 0 Å². The molecule has 0 aliphatic heterocycles. The van der Waals surface area contributed by atoms with Gasteiger partial charge < -0.3 is 15.0 Å². The van der Waals surface area contributed by atoms with Crippen LogP contribution < -0.4 is 10.1 Å². The van der Waals surface area contributed by atoms with E-state index in [1.165, 1.54) is 4.90 Å². The van der Waals surface area contributed by atoms with E-state index in [9.17, 15) is 9.59 Å². The van der Waals surface area contributed by atoms with Crippen molar-refractivity contribution in [2.24, 2.45) is 0 Å². The Labute approximate surface area is 211 Å². The second kappa shape index (κ2) is 12.1. The van der Waals surface area contributed by atoms with Gasteiger partial charge in [-0.2, -0.15) is 0 Å². The molecule has 0 aliphatic rings. The molecule has 0 aliphatic carbocycles. The highest BCUT2D eigenvalue weighted by Gasteiger charge is 2.30. The number of amides is 2. The summed E-state index contributed by atoms with van der Waals surface area (Å²) in [6, 6.07) is 21.2. The molecule has 0 bridgehead atoms. The summed E-state index contributed by atoms with van der Waals surface area (Å²) in [5.74, 6) is -0.232. The fraction of sp³-hybridized carbons (Fsp3) is 0.200. The van der Waals surface area contributed by atoms with Crippen molar-refractivity contribution in [3.8, 4) is 5.75 Å². The monoisotopic (exact) mass is 548 g/mol. The number of nitrogens with one attached hydrogen (secondary N) is 1. The van der Waals surface area contributed by atoms with E-state index in [1.54, 1.807) is 37.4 Å². The van der Waals surface area contributed by atoms with Gasteiger partial charge in [-0.3, -0.25) is 9.59 Å². The van der Waals surface area contributed by atoms with Crippen LogP contribution in [0.4, 0.5) is 0 Å². The number of nitrogens with zero attached hydrogens (tertiary/aromatic N) is 1. The van der Waals surface area contributed by atoms with Crippen molar-refractivity contribution in [3.05, 3.63) is 98.4 Å². The van der Waals surface area contributed by atoms with E-state index in [0.717, 1.165) is 15.6 Å². The molecule has 0 aromatic heterocycles. The molecule has 1 N–H and O–H groups in total. The number of ether oxygens (including phenoxy) is 1. The predicted octanol–water partition coefficient (Wildman–Crippen LogP) is 5.52. The second-order valence-electron chi connectivity index (χ2n) is 7.33. The fourth-order valence-electron chi connectivity index (χ4n) is 3.37. The molecular formula is C25H23BrCl2N2O3. The summed E-state index contributed by atoms with van der Waals surface area (Å²) in [5.41, 5.74) is 1.74. The van der Waals surface area contributed by atoms with Gasteiger partial charge in [0, 0.05) is 29.5 Å². The Balaban J connectivity index is 1.88. The molecule has 8 heteroatoms. The molecule has 0 saturated heterocycles. The molecule has 172 valence electrons. The van der Waals surface area contributed by atoms with Crippen molar-refractivity contribution in [1.29, 1.82) is 0 Å². The first-order valence-electron chi connectivity index (χ1n) is 10.2. The summed E-state index contributed by atoms with van der Waals surface area (Å²) in [4.78, 5) is 27.8. The van der Waals surface area contributed by atoms with Crippen LogP contribution in [0.15, 0.2) is 77.3 Å². The molecule has 0 spiro atoms. The van der Waals surface area contributed by atoms with Gasteiger partial charge in [0.1, 0.15) is 11.8 Å². The first kappa shape index (κ1) is 25.1. The van der Waals surface area contributed by atoms with Crippen LogP contribution >= 0.6 is 39.1 Å². The van der Waals surface area contributed by atoms with Gasteiger partial charge in [0.05, 0.1) is 5.02 Å². The number of carbonyl (C=O) groups excluding carboxylic acids is 2. The Morgan fingerprint density at radius 2 is 1.73 bits per heavy atom. The molecule has 3 aromatic rings. The lowest BCUT2D eigenvalue weighted by atomic mass is 10.0. The van der Waals surface area contributed by atoms with E-state index in [-0.39, 0.29) is 25.0 Å². The molecule has 0 radical (unpaired) electrons. The third-order valence-corrected chi connectivity index (χ3v) is 6.03. The average Bonchev–Trinajstić information content (AvgIpc) is 2.81. The van der Waals surface area contributed by atoms with Crippen LogP contribution in [0.25, 0.3) is 0 Å². The molecular weight excluding hydrogens is 527 g/mol. The molecule has 3 aromatic carbocycles. The van der Waals surface area contributed by atoms with Crippen LogP contribution in [-0.2, 0) is 22.6 Å². The first-order valence-corrected chi connectivity index (χ1v) is 11.8. The third-order valence-electron chi connectivity index (χ3n) is 5.00. The molecule has 2 amide bonds. The van der Waals surface area contributed by atoms with Gasteiger partial charge in [-0.05, 0) is 41.5 Å². The number of halogens is 3. The van der Waals surface area contributed by atoms with E-state index in [0.29, 0.717) is 22.2 Å². The number of carbonyl (C=O) groups is 2. The highest BCUT2D eigenvalue weighted by atomic mass is 79.9. The van der Waals surface area contributed by atoms with Crippen molar-refractivity contribution in [2.75, 3.05) is 13.7 Å². The number of hydrogen-bond donors (Lipinski definition) is 1. The lowest BCUT2D eigenvalue weighted by molar-refractivity contribution is -0.142. The first-order chi connectivity index (χ1) is 15.9. The van der Waals surface area contributed by atoms with Crippen LogP contribution in [-0.4, -0.2) is 36.4 Å². The summed E-state index contributed by atoms with van der Waals surface area (Å²) in [7, 11) is 1.56. The second-order valence-corrected chi connectivity index (χ2v) is 9.09. The van der Waals surface area contributed by atoms with Crippen molar-refractivity contribution in [2.45, 2.75) is 19.0 Å². The number of rotatable bonds is 9. The van der Waals surface area contributed by atoms with E-state index in [2.05, 4.69) is 21.2 Å². The topological polar surface area (TPSA) is 58.6 Å². The van der Waals surface area contributed by atoms with Gasteiger partial charge in [0.2, 0.25) is 5.91 Å². The third kappa shape index (κ3) is 7.22. The zero-order chi connectivity index (χ0) is 23.8. The Hall–Kier alpha value is -2.54. The molecule has 5 nitrogen and oxygen atoms in total. The maximum Gasteiger partial charge on any atom is 0.261 e. The lowest BCUT2D eigenvalue weighted by Crippen LogP contribution is -2.51. The highest BCUT2D eigenvalue weighted by molar-refractivity contribution is 9.10. The molecule has 0 fully saturated rings. The fourth-order valence-corrected chi connectivity index (χ4v) is 4.31. The maximum atomic E-state index is 13.4. The van der Waals surface area contributed by atoms with Crippen LogP contribution in [0.5, 0.6) is 5.75 Å². The molecule has 0 unspecified atom stereocenters. The van der Waals surface area contributed by atoms with E-state index >= 15 is 0 Å². The zero-order valence-corrected chi connectivity index (χ0v) is 21.0. The quantitative estimate of drug-likeness (QED) is 0.382. The zero-order valence-electron chi connectivity index (χ0n) is 17.9. The van der Waals surface area contributed by atoms with Gasteiger partial charge in [0.25, 0.3) is 5.91 Å². The molecule has 1 atom stereocenters. The number of hydrogen-bond acceptors (Lipinski definition) is 3. The Kier molecular flexibility index (Phi) is 9.18. The van der Waals surface area contributed by atoms with Crippen LogP contribution in [0.3, 0.4) is 0 Å². The maximum absolute atomic E-state index is 13.4. The summed E-state index contributed by atoms with van der Waals surface area (Å²) in [6.45, 7) is -0.0774. The van der Waals surface area contributed by atoms with Gasteiger partial charge in [-0.15, -0.1) is 0 Å². The Bertz CT molecular complexity index is 1110. The van der Waals surface area contributed by atoms with Crippen LogP contribution in [0.2, 0.25) is 10.0 Å². The smallest absolute Gasteiger partial charge is 0.261 e. The Morgan fingerprint density at radius 3 is 2.39 bits per heavy atom. The molecule has 3 rings (SSSR count). The van der Waals surface area contributed by atoms with E-state index in [4.69, 9.17) is 27.9 Å². The predicted molar refractivity (Wildman–Crippen MR) is 135 cm³/mol. The number of benzene rings is 3. The van der Waals surface area contributed by atoms with Gasteiger partial charge in [-0.25, -0.2) is 0 Å². The molecule has 0 saturated carbocycles. The lowest BCUT2D eigenvalue weighted by Gasteiger charge is -2.31. The minimum absolute atomic E-state index is 0.196. The largest absolute Gasteiger partial charge is 0.482 e. The van der Waals surface area contributed by atoms with Crippen molar-refractivity contribution >= 4 is 50.9 Å².